The summed E-state index contributed by atoms with van der Waals surface area (Å²) < 4.78 is 16.5. The highest BCUT2D eigenvalue weighted by molar-refractivity contribution is 6.46. The van der Waals surface area contributed by atoms with Crippen molar-refractivity contribution in [3.05, 3.63) is 58.7 Å². The Morgan fingerprint density at radius 2 is 1.88 bits per heavy atom. The minimum absolute atomic E-state index is 0.0595. The number of rotatable bonds is 6. The highest BCUT2D eigenvalue weighted by Gasteiger charge is 2.46. The Hall–Kier alpha value is -3.48. The van der Waals surface area contributed by atoms with Gasteiger partial charge in [-0.1, -0.05) is 13.0 Å². The first kappa shape index (κ1) is 21.7. The molecule has 2 atom stereocenters. The quantitative estimate of drug-likeness (QED) is 0.420. The topological polar surface area (TPSA) is 85.3 Å². The van der Waals surface area contributed by atoms with Crippen molar-refractivity contribution < 1.29 is 28.9 Å². The Morgan fingerprint density at radius 1 is 1.12 bits per heavy atom. The van der Waals surface area contributed by atoms with Crippen LogP contribution in [0.15, 0.2) is 42.0 Å². The number of amides is 1. The zero-order valence-electron chi connectivity index (χ0n) is 18.7. The minimum atomic E-state index is -0.724. The second-order valence-corrected chi connectivity index (χ2v) is 8.06. The predicted octanol–water partition coefficient (Wildman–Crippen LogP) is 3.86. The highest BCUT2D eigenvalue weighted by Crippen LogP contribution is 2.42. The zero-order valence-corrected chi connectivity index (χ0v) is 18.7. The molecule has 32 heavy (non-hydrogen) atoms. The van der Waals surface area contributed by atoms with E-state index in [1.54, 1.807) is 37.4 Å². The summed E-state index contributed by atoms with van der Waals surface area (Å²) in [5.74, 6) is 0.292. The van der Waals surface area contributed by atoms with E-state index in [4.69, 9.17) is 14.2 Å². The summed E-state index contributed by atoms with van der Waals surface area (Å²) in [6, 6.07) is 9.86. The van der Waals surface area contributed by atoms with Crippen molar-refractivity contribution in [3.8, 4) is 17.2 Å². The second-order valence-electron chi connectivity index (χ2n) is 8.06. The molecule has 168 valence electrons. The highest BCUT2D eigenvalue weighted by atomic mass is 16.5. The number of aliphatic hydroxyl groups is 1. The molecule has 1 fully saturated rings. The van der Waals surface area contributed by atoms with Gasteiger partial charge in [-0.2, -0.15) is 0 Å². The van der Waals surface area contributed by atoms with Crippen LogP contribution in [0.1, 0.15) is 43.0 Å². The summed E-state index contributed by atoms with van der Waals surface area (Å²) in [6.45, 7) is 4.30. The minimum Gasteiger partial charge on any atom is -0.507 e. The second kappa shape index (κ2) is 8.57. The van der Waals surface area contributed by atoms with E-state index in [2.05, 4.69) is 0 Å². The van der Waals surface area contributed by atoms with Gasteiger partial charge in [-0.05, 0) is 54.8 Å². The largest absolute Gasteiger partial charge is 0.507 e. The van der Waals surface area contributed by atoms with Gasteiger partial charge in [0.05, 0.1) is 25.8 Å². The molecule has 1 amide bonds. The Morgan fingerprint density at radius 3 is 2.56 bits per heavy atom. The molecule has 0 radical (unpaired) electrons. The lowest BCUT2D eigenvalue weighted by Crippen LogP contribution is -2.30. The maximum Gasteiger partial charge on any atom is 0.295 e. The van der Waals surface area contributed by atoms with Gasteiger partial charge in [-0.15, -0.1) is 0 Å². The number of carbonyl (C=O) groups excluding carboxylic acids is 2. The van der Waals surface area contributed by atoms with E-state index in [-0.39, 0.29) is 17.4 Å². The molecule has 2 aliphatic heterocycles. The molecule has 2 unspecified atom stereocenters. The SMILES string of the molecule is CCCN1C(=O)C(=O)/C(=C(/O)c2ccc3c(c2)CC(C)O3)C1c1ccc(OC)c(OC)c1. The summed E-state index contributed by atoms with van der Waals surface area (Å²) in [4.78, 5) is 27.5. The number of ether oxygens (including phenoxy) is 3. The molecule has 0 bridgehead atoms. The van der Waals surface area contributed by atoms with Crippen LogP contribution in [-0.2, 0) is 16.0 Å². The van der Waals surface area contributed by atoms with E-state index in [0.717, 1.165) is 17.7 Å². The first-order valence-corrected chi connectivity index (χ1v) is 10.7. The van der Waals surface area contributed by atoms with Crippen LogP contribution in [0.5, 0.6) is 17.2 Å². The fourth-order valence-electron chi connectivity index (χ4n) is 4.45. The molecule has 2 aromatic carbocycles. The maximum absolute atomic E-state index is 13.1. The normalized spacial score (nSPS) is 21.4. The maximum atomic E-state index is 13.1. The molecular weight excluding hydrogens is 410 g/mol. The van der Waals surface area contributed by atoms with Gasteiger partial charge in [0.25, 0.3) is 11.7 Å². The molecular formula is C25H27NO6. The van der Waals surface area contributed by atoms with Crippen LogP contribution in [0.2, 0.25) is 0 Å². The van der Waals surface area contributed by atoms with E-state index in [9.17, 15) is 14.7 Å². The molecule has 1 saturated heterocycles. The Balaban J connectivity index is 1.86. The molecule has 0 aromatic heterocycles. The molecule has 2 heterocycles. The Bertz CT molecular complexity index is 1110. The third-order valence-electron chi connectivity index (χ3n) is 5.90. The average molecular weight is 437 g/mol. The molecule has 2 aromatic rings. The van der Waals surface area contributed by atoms with Gasteiger partial charge in [-0.3, -0.25) is 9.59 Å². The molecule has 0 saturated carbocycles. The zero-order chi connectivity index (χ0) is 23.0. The van der Waals surface area contributed by atoms with Gasteiger partial charge in [0.2, 0.25) is 0 Å². The lowest BCUT2D eigenvalue weighted by atomic mass is 9.94. The van der Waals surface area contributed by atoms with Gasteiger partial charge in [-0.25, -0.2) is 0 Å². The number of hydrogen-bond donors (Lipinski definition) is 1. The Kier molecular flexibility index (Phi) is 5.82. The molecule has 1 N–H and O–H groups in total. The van der Waals surface area contributed by atoms with Crippen LogP contribution in [0.25, 0.3) is 5.76 Å². The van der Waals surface area contributed by atoms with Crippen LogP contribution < -0.4 is 14.2 Å². The summed E-state index contributed by atoms with van der Waals surface area (Å²) in [5, 5.41) is 11.2. The van der Waals surface area contributed by atoms with E-state index in [0.29, 0.717) is 35.6 Å². The van der Waals surface area contributed by atoms with Crippen molar-refractivity contribution in [1.29, 1.82) is 0 Å². The standard InChI is InChI=1S/C25H27NO6/c1-5-10-26-22(15-6-9-19(30-3)20(13-15)31-4)21(24(28)25(26)29)23(27)16-7-8-18-17(12-16)11-14(2)32-18/h6-9,12-14,22,27H,5,10-11H2,1-4H3/b23-21+. The number of fused-ring (bicyclic) bond motifs is 1. The van der Waals surface area contributed by atoms with Crippen molar-refractivity contribution in [1.82, 2.24) is 4.90 Å². The molecule has 7 heteroatoms. The van der Waals surface area contributed by atoms with Gasteiger partial charge < -0.3 is 24.2 Å². The van der Waals surface area contributed by atoms with Gasteiger partial charge >= 0.3 is 0 Å². The van der Waals surface area contributed by atoms with Crippen LogP contribution in [-0.4, -0.2) is 48.6 Å². The van der Waals surface area contributed by atoms with Gasteiger partial charge in [0.1, 0.15) is 17.6 Å². The number of ketones is 1. The number of nitrogens with zero attached hydrogens (tertiary/aromatic N) is 1. The molecule has 4 rings (SSSR count). The molecule has 0 aliphatic carbocycles. The van der Waals surface area contributed by atoms with E-state index >= 15 is 0 Å². The van der Waals surface area contributed by atoms with Crippen molar-refractivity contribution >= 4 is 17.4 Å². The fraction of sp³-hybridized carbons (Fsp3) is 0.360. The summed E-state index contributed by atoms with van der Waals surface area (Å²) >= 11 is 0. The monoisotopic (exact) mass is 437 g/mol. The van der Waals surface area contributed by atoms with Crippen molar-refractivity contribution in [2.24, 2.45) is 0 Å². The summed E-state index contributed by atoms with van der Waals surface area (Å²) in [6.07, 6.45) is 1.45. The Labute approximate surface area is 187 Å². The number of methoxy groups -OCH3 is 2. The fourth-order valence-corrected chi connectivity index (χ4v) is 4.45. The van der Waals surface area contributed by atoms with Crippen LogP contribution >= 0.6 is 0 Å². The van der Waals surface area contributed by atoms with Crippen LogP contribution in [0.4, 0.5) is 0 Å². The first-order chi connectivity index (χ1) is 15.4. The van der Waals surface area contributed by atoms with Gasteiger partial charge in [0, 0.05) is 18.5 Å². The lowest BCUT2D eigenvalue weighted by Gasteiger charge is -2.25. The number of aliphatic hydroxyl groups excluding tert-OH is 1. The van der Waals surface area contributed by atoms with Crippen LogP contribution in [0.3, 0.4) is 0 Å². The number of carbonyl (C=O) groups is 2. The predicted molar refractivity (Wildman–Crippen MR) is 119 cm³/mol. The first-order valence-electron chi connectivity index (χ1n) is 10.7. The summed E-state index contributed by atoms with van der Waals surface area (Å²) in [5.41, 5.74) is 2.19. The van der Waals surface area contributed by atoms with Crippen molar-refractivity contribution in [2.75, 3.05) is 20.8 Å². The molecule has 0 spiro atoms. The molecule has 7 nitrogen and oxygen atoms in total. The molecule has 2 aliphatic rings. The van der Waals surface area contributed by atoms with E-state index < -0.39 is 17.7 Å². The van der Waals surface area contributed by atoms with Crippen LogP contribution in [0, 0.1) is 0 Å². The number of likely N-dealkylation sites (tertiary alicyclic amines) is 1. The smallest absolute Gasteiger partial charge is 0.295 e. The van der Waals surface area contributed by atoms with E-state index in [1.165, 1.54) is 12.0 Å². The van der Waals surface area contributed by atoms with Gasteiger partial charge in [0.15, 0.2) is 11.5 Å². The van der Waals surface area contributed by atoms with Crippen molar-refractivity contribution in [3.63, 3.8) is 0 Å². The third-order valence-corrected chi connectivity index (χ3v) is 5.90. The number of benzene rings is 2. The average Bonchev–Trinajstić information content (AvgIpc) is 3.29. The lowest BCUT2D eigenvalue weighted by molar-refractivity contribution is -0.139. The number of Topliss-reactive ketones (excluding diaryl/α,β-unsaturated/α-hetero) is 1. The van der Waals surface area contributed by atoms with E-state index in [1.807, 2.05) is 19.9 Å². The third kappa shape index (κ3) is 3.57. The summed E-state index contributed by atoms with van der Waals surface area (Å²) in [7, 11) is 3.07. The number of hydrogen-bond acceptors (Lipinski definition) is 6. The van der Waals surface area contributed by atoms with Crippen molar-refractivity contribution in [2.45, 2.75) is 38.8 Å².